The molecule has 5 nitrogen and oxygen atoms in total. The Balaban J connectivity index is 2.52. The molecule has 0 amide bonds. The summed E-state index contributed by atoms with van der Waals surface area (Å²) in [6.45, 7) is 1.72. The van der Waals surface area contributed by atoms with Crippen molar-refractivity contribution < 1.29 is 9.66 Å². The van der Waals surface area contributed by atoms with E-state index in [-0.39, 0.29) is 11.4 Å². The van der Waals surface area contributed by atoms with Crippen LogP contribution in [0, 0.1) is 28.4 Å². The Morgan fingerprint density at radius 1 is 1.19 bits per heavy atom. The quantitative estimate of drug-likeness (QED) is 0.520. The average Bonchev–Trinajstić information content (AvgIpc) is 2.40. The molecular weight excluding hydrogens is 404 g/mol. The predicted octanol–water partition coefficient (Wildman–Crippen LogP) is 5.09. The Hall–Kier alpha value is -1.91. The number of benzene rings is 2. The summed E-state index contributed by atoms with van der Waals surface area (Å²) in [5, 5.41) is 20.1. The zero-order valence-corrected chi connectivity index (χ0v) is 13.9. The van der Waals surface area contributed by atoms with Crippen LogP contribution in [0.3, 0.4) is 0 Å². The Labute approximate surface area is 137 Å². The zero-order valence-electron chi connectivity index (χ0n) is 10.8. The second-order valence-corrected chi connectivity index (χ2v) is 6.05. The molecule has 2 aromatic rings. The van der Waals surface area contributed by atoms with Crippen LogP contribution in [0.15, 0.2) is 39.3 Å². The Bertz CT molecular complexity index is 770. The number of hydrogen-bond acceptors (Lipinski definition) is 4. The van der Waals surface area contributed by atoms with Gasteiger partial charge in [0.25, 0.3) is 0 Å². The Kier molecular flexibility index (Phi) is 4.60. The van der Waals surface area contributed by atoms with Crippen molar-refractivity contribution in [2.75, 3.05) is 0 Å². The molecule has 0 aliphatic rings. The van der Waals surface area contributed by atoms with Crippen molar-refractivity contribution in [1.82, 2.24) is 0 Å². The normalized spacial score (nSPS) is 10.0. The van der Waals surface area contributed by atoms with Gasteiger partial charge in [0.15, 0.2) is 0 Å². The zero-order chi connectivity index (χ0) is 15.6. The highest BCUT2D eigenvalue weighted by atomic mass is 79.9. The van der Waals surface area contributed by atoms with Crippen LogP contribution >= 0.6 is 31.9 Å². The first-order valence-corrected chi connectivity index (χ1v) is 7.32. The number of nitro benzene ring substituents is 1. The highest BCUT2D eigenvalue weighted by molar-refractivity contribution is 9.10. The van der Waals surface area contributed by atoms with Gasteiger partial charge >= 0.3 is 5.69 Å². The van der Waals surface area contributed by atoms with Crippen LogP contribution in [0.4, 0.5) is 5.69 Å². The third-order valence-electron chi connectivity index (χ3n) is 2.64. The van der Waals surface area contributed by atoms with Crippen molar-refractivity contribution in [3.8, 4) is 17.6 Å². The van der Waals surface area contributed by atoms with Gasteiger partial charge in [-0.05, 0) is 36.8 Å². The fraction of sp³-hybridized carbons (Fsp3) is 0.0714. The van der Waals surface area contributed by atoms with Crippen LogP contribution in [0.25, 0.3) is 0 Å². The number of aryl methyl sites for hydroxylation is 1. The van der Waals surface area contributed by atoms with E-state index in [1.54, 1.807) is 25.1 Å². The highest BCUT2D eigenvalue weighted by Crippen LogP contribution is 2.38. The fourth-order valence-corrected chi connectivity index (χ4v) is 2.82. The smallest absolute Gasteiger partial charge is 0.312 e. The van der Waals surface area contributed by atoms with Crippen LogP contribution in [-0.2, 0) is 0 Å². The summed E-state index contributed by atoms with van der Waals surface area (Å²) in [5.41, 5.74) is 0.881. The van der Waals surface area contributed by atoms with Gasteiger partial charge in [-0.3, -0.25) is 10.1 Å². The van der Waals surface area contributed by atoms with Gasteiger partial charge in [-0.25, -0.2) is 0 Å². The minimum absolute atomic E-state index is 0.139. The number of nitrogens with zero attached hydrogens (tertiary/aromatic N) is 2. The van der Waals surface area contributed by atoms with Crippen molar-refractivity contribution in [2.45, 2.75) is 6.92 Å². The summed E-state index contributed by atoms with van der Waals surface area (Å²) in [6, 6.07) is 9.92. The number of ether oxygens (including phenoxy) is 1. The molecule has 0 aromatic heterocycles. The van der Waals surface area contributed by atoms with E-state index >= 15 is 0 Å². The van der Waals surface area contributed by atoms with E-state index < -0.39 is 4.92 Å². The first-order valence-electron chi connectivity index (χ1n) is 5.74. The van der Waals surface area contributed by atoms with Crippen LogP contribution in [0.2, 0.25) is 0 Å². The maximum Gasteiger partial charge on any atom is 0.312 e. The summed E-state index contributed by atoms with van der Waals surface area (Å²) >= 11 is 6.50. The molecule has 106 valence electrons. The van der Waals surface area contributed by atoms with Crippen molar-refractivity contribution in [3.63, 3.8) is 0 Å². The molecule has 0 radical (unpaired) electrons. The van der Waals surface area contributed by atoms with E-state index in [1.165, 1.54) is 12.1 Å². The molecule has 0 saturated heterocycles. The van der Waals surface area contributed by atoms with Crippen LogP contribution in [0.5, 0.6) is 11.5 Å². The van der Waals surface area contributed by atoms with E-state index in [1.807, 2.05) is 6.07 Å². The number of nitro groups is 1. The second kappa shape index (κ2) is 6.24. The van der Waals surface area contributed by atoms with Crippen molar-refractivity contribution >= 4 is 37.5 Å². The van der Waals surface area contributed by atoms with Gasteiger partial charge in [-0.2, -0.15) is 5.26 Å². The first-order chi connectivity index (χ1) is 9.90. The van der Waals surface area contributed by atoms with Gasteiger partial charge in [0.1, 0.15) is 5.75 Å². The molecule has 0 aliphatic carbocycles. The molecule has 0 fully saturated rings. The molecule has 2 rings (SSSR count). The van der Waals surface area contributed by atoms with Gasteiger partial charge in [-0.15, -0.1) is 0 Å². The summed E-state index contributed by atoms with van der Waals surface area (Å²) in [4.78, 5) is 10.6. The molecule has 0 spiro atoms. The molecule has 0 unspecified atom stereocenters. The second-order valence-electron chi connectivity index (χ2n) is 4.22. The lowest BCUT2D eigenvalue weighted by molar-refractivity contribution is -0.385. The minimum atomic E-state index is -0.504. The molecule has 0 heterocycles. The van der Waals surface area contributed by atoms with Crippen LogP contribution in [0.1, 0.15) is 11.1 Å². The van der Waals surface area contributed by atoms with Crippen molar-refractivity contribution in [2.24, 2.45) is 0 Å². The lowest BCUT2D eigenvalue weighted by Gasteiger charge is -2.10. The van der Waals surface area contributed by atoms with Crippen LogP contribution in [-0.4, -0.2) is 4.92 Å². The maximum atomic E-state index is 11.1. The Morgan fingerprint density at radius 3 is 2.48 bits per heavy atom. The monoisotopic (exact) mass is 410 g/mol. The van der Waals surface area contributed by atoms with E-state index in [0.717, 1.165) is 0 Å². The standard InChI is InChI=1S/C14H8Br2N2O3/c1-8-2-10(15)6-13(18(19)20)14(8)21-12-4-9(7-17)3-11(16)5-12/h2-6H,1H3. The fourth-order valence-electron chi connectivity index (χ4n) is 1.78. The molecule has 21 heavy (non-hydrogen) atoms. The third kappa shape index (κ3) is 3.60. The lowest BCUT2D eigenvalue weighted by atomic mass is 10.2. The highest BCUT2D eigenvalue weighted by Gasteiger charge is 2.20. The van der Waals surface area contributed by atoms with Gasteiger partial charge in [-0.1, -0.05) is 31.9 Å². The summed E-state index contributed by atoms with van der Waals surface area (Å²) in [5.74, 6) is 0.514. The maximum absolute atomic E-state index is 11.1. The lowest BCUT2D eigenvalue weighted by Crippen LogP contribution is -1.96. The largest absolute Gasteiger partial charge is 0.450 e. The molecule has 0 bridgehead atoms. The molecule has 0 saturated carbocycles. The third-order valence-corrected chi connectivity index (χ3v) is 3.55. The average molecular weight is 412 g/mol. The SMILES string of the molecule is Cc1cc(Br)cc([N+](=O)[O-])c1Oc1cc(Br)cc(C#N)c1. The molecule has 2 aromatic carbocycles. The predicted molar refractivity (Wildman–Crippen MR) is 84.5 cm³/mol. The van der Waals surface area contributed by atoms with E-state index in [9.17, 15) is 10.1 Å². The molecule has 0 atom stereocenters. The summed E-state index contributed by atoms with van der Waals surface area (Å²) < 4.78 is 6.90. The Morgan fingerprint density at radius 2 is 1.86 bits per heavy atom. The van der Waals surface area contributed by atoms with Gasteiger partial charge < -0.3 is 4.74 Å². The van der Waals surface area contributed by atoms with Crippen molar-refractivity contribution in [3.05, 3.63) is 60.5 Å². The number of nitriles is 1. The molecular formula is C14H8Br2N2O3. The van der Waals surface area contributed by atoms with E-state index in [0.29, 0.717) is 25.8 Å². The first kappa shape index (κ1) is 15.5. The van der Waals surface area contributed by atoms with Crippen molar-refractivity contribution in [1.29, 1.82) is 5.26 Å². The molecule has 0 N–H and O–H groups in total. The van der Waals surface area contributed by atoms with E-state index in [4.69, 9.17) is 10.00 Å². The number of hydrogen-bond donors (Lipinski definition) is 0. The minimum Gasteiger partial charge on any atom is -0.450 e. The van der Waals surface area contributed by atoms with Gasteiger partial charge in [0.2, 0.25) is 5.75 Å². The molecule has 7 heteroatoms. The molecule has 0 aliphatic heterocycles. The topological polar surface area (TPSA) is 76.2 Å². The summed E-state index contributed by atoms with van der Waals surface area (Å²) in [6.07, 6.45) is 0. The van der Waals surface area contributed by atoms with E-state index in [2.05, 4.69) is 31.9 Å². The summed E-state index contributed by atoms with van der Waals surface area (Å²) in [7, 11) is 0. The number of halogens is 2. The number of rotatable bonds is 3. The van der Waals surface area contributed by atoms with Gasteiger partial charge in [0.05, 0.1) is 16.6 Å². The van der Waals surface area contributed by atoms with Gasteiger partial charge in [0, 0.05) is 15.0 Å². The van der Waals surface area contributed by atoms with Crippen LogP contribution < -0.4 is 4.74 Å².